The van der Waals surface area contributed by atoms with Gasteiger partial charge in [-0.3, -0.25) is 0 Å². The molecule has 0 aromatic rings. The van der Waals surface area contributed by atoms with Crippen molar-refractivity contribution >= 4 is 17.8 Å². The van der Waals surface area contributed by atoms with E-state index < -0.39 is 0 Å². The van der Waals surface area contributed by atoms with Crippen LogP contribution in [0.1, 0.15) is 32.1 Å². The molecule has 2 aliphatic carbocycles. The molecule has 18 heavy (non-hydrogen) atoms. The molecule has 0 aromatic heterocycles. The number of likely N-dealkylation sites (N-methyl/N-ethyl adjacent to an activating group) is 1. The minimum Gasteiger partial charge on any atom is -0.391 e. The molecular weight excluding hydrogens is 248 g/mol. The summed E-state index contributed by atoms with van der Waals surface area (Å²) in [4.78, 5) is 13.6. The Morgan fingerprint density at radius 1 is 1.44 bits per heavy atom. The van der Waals surface area contributed by atoms with Crippen LogP contribution in [0.4, 0.5) is 4.79 Å². The maximum atomic E-state index is 12.0. The van der Waals surface area contributed by atoms with E-state index in [0.717, 1.165) is 25.7 Å². The lowest BCUT2D eigenvalue weighted by atomic mass is 10.2. The van der Waals surface area contributed by atoms with Crippen molar-refractivity contribution in [3.8, 4) is 0 Å². The molecular formula is C13H24N2O2S. The van der Waals surface area contributed by atoms with Gasteiger partial charge >= 0.3 is 6.03 Å². The first kappa shape index (κ1) is 14.0. The summed E-state index contributed by atoms with van der Waals surface area (Å²) in [7, 11) is 1.77. The molecule has 2 amide bonds. The third-order valence-corrected chi connectivity index (χ3v) is 5.11. The maximum Gasteiger partial charge on any atom is 0.317 e. The van der Waals surface area contributed by atoms with Gasteiger partial charge in [-0.05, 0) is 44.3 Å². The molecule has 0 spiro atoms. The topological polar surface area (TPSA) is 52.6 Å². The summed E-state index contributed by atoms with van der Waals surface area (Å²) >= 11 is 1.89. The number of nitrogens with zero attached hydrogens (tertiary/aromatic N) is 1. The van der Waals surface area contributed by atoms with E-state index in [9.17, 15) is 9.90 Å². The van der Waals surface area contributed by atoms with Gasteiger partial charge in [-0.2, -0.15) is 11.8 Å². The van der Waals surface area contributed by atoms with E-state index in [0.29, 0.717) is 23.8 Å². The van der Waals surface area contributed by atoms with Crippen molar-refractivity contribution in [2.75, 3.05) is 19.8 Å². The highest BCUT2D eigenvalue weighted by atomic mass is 32.2. The number of thioether (sulfide) groups is 1. The average Bonchev–Trinajstić information content (AvgIpc) is 3.10. The number of rotatable bonds is 5. The SMILES string of the molecule is CSC1CCC(NC(=O)N(C)CC(O)C2CC2)C1. The first-order valence-electron chi connectivity index (χ1n) is 6.82. The number of hydrogen-bond donors (Lipinski definition) is 2. The lowest BCUT2D eigenvalue weighted by Gasteiger charge is -2.23. The molecule has 2 N–H and O–H groups in total. The Bertz CT molecular complexity index is 297. The molecule has 0 saturated heterocycles. The Kier molecular flexibility index (Phi) is 4.78. The molecule has 0 bridgehead atoms. The summed E-state index contributed by atoms with van der Waals surface area (Å²) in [5, 5.41) is 13.6. The van der Waals surface area contributed by atoms with Gasteiger partial charge in [0.15, 0.2) is 0 Å². The molecule has 0 aromatic carbocycles. The first-order chi connectivity index (χ1) is 8.60. The third kappa shape index (κ3) is 3.79. The summed E-state index contributed by atoms with van der Waals surface area (Å²) in [6.07, 6.45) is 7.35. The predicted molar refractivity (Wildman–Crippen MR) is 74.8 cm³/mol. The van der Waals surface area contributed by atoms with Gasteiger partial charge < -0.3 is 15.3 Å². The molecule has 0 radical (unpaired) electrons. The highest BCUT2D eigenvalue weighted by molar-refractivity contribution is 7.99. The molecule has 2 fully saturated rings. The molecule has 5 heteroatoms. The molecule has 0 heterocycles. The summed E-state index contributed by atoms with van der Waals surface area (Å²) in [5.41, 5.74) is 0. The second kappa shape index (κ2) is 6.15. The summed E-state index contributed by atoms with van der Waals surface area (Å²) in [6, 6.07) is 0.275. The molecule has 0 aliphatic heterocycles. The van der Waals surface area contributed by atoms with E-state index in [4.69, 9.17) is 0 Å². The third-order valence-electron chi connectivity index (χ3n) is 4.02. The van der Waals surface area contributed by atoms with Crippen molar-refractivity contribution in [2.24, 2.45) is 5.92 Å². The van der Waals surface area contributed by atoms with Gasteiger partial charge in [-0.25, -0.2) is 4.79 Å². The highest BCUT2D eigenvalue weighted by Crippen LogP contribution is 2.32. The van der Waals surface area contributed by atoms with Crippen molar-refractivity contribution in [3.05, 3.63) is 0 Å². The van der Waals surface area contributed by atoms with Crippen LogP contribution in [0.25, 0.3) is 0 Å². The minimum absolute atomic E-state index is 0.0403. The van der Waals surface area contributed by atoms with Crippen LogP contribution in [0.3, 0.4) is 0 Å². The number of hydrogen-bond acceptors (Lipinski definition) is 3. The Morgan fingerprint density at radius 3 is 2.72 bits per heavy atom. The standard InChI is InChI=1S/C13H24N2O2S/c1-15(8-12(16)9-3-4-9)13(17)14-10-5-6-11(7-10)18-2/h9-12,16H,3-8H2,1-2H3,(H,14,17). The molecule has 104 valence electrons. The van der Waals surface area contributed by atoms with E-state index >= 15 is 0 Å². The quantitative estimate of drug-likeness (QED) is 0.800. The van der Waals surface area contributed by atoms with E-state index in [2.05, 4.69) is 11.6 Å². The zero-order chi connectivity index (χ0) is 13.1. The fraction of sp³-hybridized carbons (Fsp3) is 0.923. The monoisotopic (exact) mass is 272 g/mol. The first-order valence-corrected chi connectivity index (χ1v) is 8.11. The second-order valence-corrected chi connectivity index (χ2v) is 6.74. The number of nitrogens with one attached hydrogen (secondary N) is 1. The largest absolute Gasteiger partial charge is 0.391 e. The fourth-order valence-corrected chi connectivity index (χ4v) is 3.36. The Morgan fingerprint density at radius 2 is 2.17 bits per heavy atom. The van der Waals surface area contributed by atoms with Crippen LogP contribution in [0, 0.1) is 5.92 Å². The minimum atomic E-state index is -0.344. The number of carbonyl (C=O) groups excluding carboxylic acids is 1. The van der Waals surface area contributed by atoms with Gasteiger partial charge in [0.2, 0.25) is 0 Å². The van der Waals surface area contributed by atoms with Crippen LogP contribution in [-0.4, -0.2) is 53.3 Å². The van der Waals surface area contributed by atoms with Gasteiger partial charge in [0.05, 0.1) is 6.10 Å². The van der Waals surface area contributed by atoms with E-state index in [1.165, 1.54) is 6.42 Å². The van der Waals surface area contributed by atoms with Crippen LogP contribution in [0.2, 0.25) is 0 Å². The smallest absolute Gasteiger partial charge is 0.317 e. The molecule has 2 rings (SSSR count). The van der Waals surface area contributed by atoms with Gasteiger partial charge in [-0.15, -0.1) is 0 Å². The Balaban J connectivity index is 1.70. The molecule has 3 unspecified atom stereocenters. The van der Waals surface area contributed by atoms with Gasteiger partial charge in [0, 0.05) is 24.9 Å². The number of aliphatic hydroxyl groups is 1. The summed E-state index contributed by atoms with van der Waals surface area (Å²) in [5.74, 6) is 0.424. The molecule has 3 atom stereocenters. The van der Waals surface area contributed by atoms with Crippen molar-refractivity contribution in [3.63, 3.8) is 0 Å². The van der Waals surface area contributed by atoms with Crippen molar-refractivity contribution in [1.29, 1.82) is 0 Å². The molecule has 2 aliphatic rings. The Hall–Kier alpha value is -0.420. The van der Waals surface area contributed by atoms with Gasteiger partial charge in [0.25, 0.3) is 0 Å². The molecule has 4 nitrogen and oxygen atoms in total. The Labute approximate surface area is 113 Å². The van der Waals surface area contributed by atoms with E-state index in [1.54, 1.807) is 11.9 Å². The van der Waals surface area contributed by atoms with Crippen LogP contribution in [0.5, 0.6) is 0 Å². The number of urea groups is 1. The van der Waals surface area contributed by atoms with Crippen LogP contribution < -0.4 is 5.32 Å². The molecule has 2 saturated carbocycles. The number of carbonyl (C=O) groups is 1. The zero-order valence-electron chi connectivity index (χ0n) is 11.3. The fourth-order valence-electron chi connectivity index (χ4n) is 2.56. The van der Waals surface area contributed by atoms with Crippen LogP contribution in [-0.2, 0) is 0 Å². The van der Waals surface area contributed by atoms with E-state index in [1.807, 2.05) is 11.8 Å². The summed E-state index contributed by atoms with van der Waals surface area (Å²) < 4.78 is 0. The van der Waals surface area contributed by atoms with Crippen molar-refractivity contribution < 1.29 is 9.90 Å². The van der Waals surface area contributed by atoms with Gasteiger partial charge in [0.1, 0.15) is 0 Å². The van der Waals surface area contributed by atoms with Crippen molar-refractivity contribution in [1.82, 2.24) is 10.2 Å². The second-order valence-electron chi connectivity index (χ2n) is 5.60. The normalized spacial score (nSPS) is 29.1. The number of aliphatic hydroxyl groups excluding tert-OH is 1. The summed E-state index contributed by atoms with van der Waals surface area (Å²) in [6.45, 7) is 0.454. The maximum absolute atomic E-state index is 12.0. The lowest BCUT2D eigenvalue weighted by molar-refractivity contribution is 0.112. The van der Waals surface area contributed by atoms with Crippen LogP contribution in [0.15, 0.2) is 0 Å². The van der Waals surface area contributed by atoms with Gasteiger partial charge in [-0.1, -0.05) is 0 Å². The van der Waals surface area contributed by atoms with E-state index in [-0.39, 0.29) is 12.1 Å². The zero-order valence-corrected chi connectivity index (χ0v) is 12.1. The predicted octanol–water partition coefficient (Wildman–Crippen LogP) is 1.68. The number of amides is 2. The lowest BCUT2D eigenvalue weighted by Crippen LogP contribution is -2.45. The van der Waals surface area contributed by atoms with Crippen LogP contribution >= 0.6 is 11.8 Å². The van der Waals surface area contributed by atoms with Crippen molar-refractivity contribution in [2.45, 2.75) is 49.5 Å². The highest BCUT2D eigenvalue weighted by Gasteiger charge is 2.32. The average molecular weight is 272 g/mol.